The second-order valence-electron chi connectivity index (χ2n) is 7.52. The van der Waals surface area contributed by atoms with Crippen molar-refractivity contribution in [2.75, 3.05) is 7.11 Å². The smallest absolute Gasteiger partial charge is 0.242 e. The van der Waals surface area contributed by atoms with Crippen molar-refractivity contribution < 1.29 is 19.1 Å². The molecule has 2 atom stereocenters. The molecule has 6 heteroatoms. The Hall–Kier alpha value is -2.24. The summed E-state index contributed by atoms with van der Waals surface area (Å²) in [7, 11) is 1.59. The average molecular weight is 376 g/mol. The molecule has 0 aliphatic heterocycles. The lowest BCUT2D eigenvalue weighted by Crippen LogP contribution is -2.47. The maximum atomic E-state index is 12.5. The van der Waals surface area contributed by atoms with Crippen LogP contribution in [0.15, 0.2) is 18.2 Å². The van der Waals surface area contributed by atoms with Crippen LogP contribution in [0.5, 0.6) is 11.5 Å². The molecule has 0 saturated heterocycles. The highest BCUT2D eigenvalue weighted by Crippen LogP contribution is 2.31. The fourth-order valence-electron chi connectivity index (χ4n) is 3.31. The molecule has 1 aromatic rings. The largest absolute Gasteiger partial charge is 0.493 e. The maximum absolute atomic E-state index is 12.5. The van der Waals surface area contributed by atoms with E-state index in [0.717, 1.165) is 31.2 Å². The predicted octanol–water partition coefficient (Wildman–Crippen LogP) is 3.35. The minimum Gasteiger partial charge on any atom is -0.493 e. The van der Waals surface area contributed by atoms with Crippen LogP contribution in [0, 0.1) is 5.92 Å². The van der Waals surface area contributed by atoms with Gasteiger partial charge in [-0.1, -0.05) is 18.9 Å². The lowest BCUT2D eigenvalue weighted by Gasteiger charge is -2.21. The number of carbonyl (C=O) groups excluding carboxylic acids is 2. The number of rotatable bonds is 8. The second kappa shape index (κ2) is 9.62. The number of methoxy groups -OCH3 is 1. The normalized spacial score (nSPS) is 16.7. The number of hydrogen-bond acceptors (Lipinski definition) is 4. The number of amides is 2. The van der Waals surface area contributed by atoms with Crippen LogP contribution in [-0.2, 0) is 9.59 Å². The van der Waals surface area contributed by atoms with Gasteiger partial charge in [0.15, 0.2) is 11.5 Å². The Morgan fingerprint density at radius 1 is 1.04 bits per heavy atom. The summed E-state index contributed by atoms with van der Waals surface area (Å²) >= 11 is 0. The number of ether oxygens (including phenoxy) is 2. The van der Waals surface area contributed by atoms with Crippen molar-refractivity contribution >= 4 is 11.8 Å². The molecule has 1 aliphatic carbocycles. The standard InChI is InChI=1S/C21H32N2O4/c1-13(2)27-18-11-10-17(12-19(18)26-5)14(3)22-20(24)15(4)23-21(25)16-8-6-7-9-16/h10-16H,6-9H2,1-5H3,(H,22,24)(H,23,25)/t14-,15-/m1/s1. The molecular weight excluding hydrogens is 344 g/mol. The summed E-state index contributed by atoms with van der Waals surface area (Å²) in [6.07, 6.45) is 4.07. The fraction of sp³-hybridized carbons (Fsp3) is 0.619. The topological polar surface area (TPSA) is 76.7 Å². The summed E-state index contributed by atoms with van der Waals surface area (Å²) in [5, 5.41) is 5.79. The van der Waals surface area contributed by atoms with Crippen LogP contribution in [0.1, 0.15) is 65.0 Å². The molecular formula is C21H32N2O4. The van der Waals surface area contributed by atoms with Gasteiger partial charge in [0, 0.05) is 5.92 Å². The van der Waals surface area contributed by atoms with Crippen molar-refractivity contribution in [1.82, 2.24) is 10.6 Å². The predicted molar refractivity (Wildman–Crippen MR) is 105 cm³/mol. The Kier molecular flexibility index (Phi) is 7.51. The highest BCUT2D eigenvalue weighted by atomic mass is 16.5. The minimum absolute atomic E-state index is 0.0142. The summed E-state index contributed by atoms with van der Waals surface area (Å²) < 4.78 is 11.1. The van der Waals surface area contributed by atoms with E-state index in [-0.39, 0.29) is 29.9 Å². The molecule has 0 aromatic heterocycles. The summed E-state index contributed by atoms with van der Waals surface area (Å²) in [4.78, 5) is 24.7. The van der Waals surface area contributed by atoms with E-state index in [1.807, 2.05) is 39.0 Å². The first-order valence-corrected chi connectivity index (χ1v) is 9.77. The molecule has 1 saturated carbocycles. The van der Waals surface area contributed by atoms with Gasteiger partial charge in [-0.2, -0.15) is 0 Å². The Morgan fingerprint density at radius 2 is 1.70 bits per heavy atom. The molecule has 0 unspecified atom stereocenters. The molecule has 2 amide bonds. The first-order chi connectivity index (χ1) is 12.8. The molecule has 0 heterocycles. The molecule has 1 fully saturated rings. The van der Waals surface area contributed by atoms with Gasteiger partial charge in [0.1, 0.15) is 6.04 Å². The minimum atomic E-state index is -0.564. The molecule has 0 bridgehead atoms. The highest BCUT2D eigenvalue weighted by molar-refractivity contribution is 5.88. The van der Waals surface area contributed by atoms with Crippen LogP contribution >= 0.6 is 0 Å². The third kappa shape index (κ3) is 5.88. The monoisotopic (exact) mass is 376 g/mol. The maximum Gasteiger partial charge on any atom is 0.242 e. The first kappa shape index (κ1) is 21.1. The number of hydrogen-bond donors (Lipinski definition) is 2. The van der Waals surface area contributed by atoms with Crippen LogP contribution in [0.4, 0.5) is 0 Å². The van der Waals surface area contributed by atoms with Crippen LogP contribution in [0.25, 0.3) is 0 Å². The molecule has 2 rings (SSSR count). The lowest BCUT2D eigenvalue weighted by molar-refractivity contribution is -0.131. The van der Waals surface area contributed by atoms with Gasteiger partial charge < -0.3 is 20.1 Å². The van der Waals surface area contributed by atoms with Crippen molar-refractivity contribution in [3.8, 4) is 11.5 Å². The first-order valence-electron chi connectivity index (χ1n) is 9.77. The summed E-state index contributed by atoms with van der Waals surface area (Å²) in [6, 6.07) is 4.84. The van der Waals surface area contributed by atoms with Gasteiger partial charge in [-0.25, -0.2) is 0 Å². The molecule has 6 nitrogen and oxygen atoms in total. The second-order valence-corrected chi connectivity index (χ2v) is 7.52. The van der Waals surface area contributed by atoms with Crippen molar-refractivity contribution in [2.45, 2.75) is 71.6 Å². The lowest BCUT2D eigenvalue weighted by atomic mass is 10.1. The highest BCUT2D eigenvalue weighted by Gasteiger charge is 2.26. The zero-order valence-electron chi connectivity index (χ0n) is 17.0. The number of benzene rings is 1. The average Bonchev–Trinajstić information content (AvgIpc) is 3.16. The van der Waals surface area contributed by atoms with E-state index >= 15 is 0 Å². The summed E-state index contributed by atoms with van der Waals surface area (Å²) in [6.45, 7) is 7.53. The van der Waals surface area contributed by atoms with Crippen molar-refractivity contribution in [2.24, 2.45) is 5.92 Å². The Bertz CT molecular complexity index is 654. The summed E-state index contributed by atoms with van der Waals surface area (Å²) in [5.41, 5.74) is 0.908. The van der Waals surface area contributed by atoms with Crippen molar-refractivity contribution in [3.05, 3.63) is 23.8 Å². The van der Waals surface area contributed by atoms with E-state index in [1.165, 1.54) is 0 Å². The van der Waals surface area contributed by atoms with Crippen LogP contribution in [0.2, 0.25) is 0 Å². The molecule has 0 radical (unpaired) electrons. The van der Waals surface area contributed by atoms with Gasteiger partial charge in [0.25, 0.3) is 0 Å². The van der Waals surface area contributed by atoms with Gasteiger partial charge in [-0.3, -0.25) is 9.59 Å². The van der Waals surface area contributed by atoms with Crippen molar-refractivity contribution in [1.29, 1.82) is 0 Å². The number of nitrogens with one attached hydrogen (secondary N) is 2. The third-order valence-corrected chi connectivity index (χ3v) is 4.89. The number of carbonyl (C=O) groups is 2. The van der Waals surface area contributed by atoms with Crippen LogP contribution in [0.3, 0.4) is 0 Å². The van der Waals surface area contributed by atoms with E-state index in [2.05, 4.69) is 10.6 Å². The van der Waals surface area contributed by atoms with Crippen molar-refractivity contribution in [3.63, 3.8) is 0 Å². The Labute approximate surface area is 162 Å². The fourth-order valence-corrected chi connectivity index (χ4v) is 3.31. The molecule has 1 aromatic carbocycles. The van der Waals surface area contributed by atoms with E-state index < -0.39 is 6.04 Å². The zero-order chi connectivity index (χ0) is 20.0. The molecule has 1 aliphatic rings. The molecule has 0 spiro atoms. The quantitative estimate of drug-likeness (QED) is 0.729. The van der Waals surface area contributed by atoms with E-state index in [1.54, 1.807) is 14.0 Å². The third-order valence-electron chi connectivity index (χ3n) is 4.89. The SMILES string of the molecule is COc1cc([C@@H](C)NC(=O)[C@@H](C)NC(=O)C2CCCC2)ccc1OC(C)C. The molecule has 2 N–H and O–H groups in total. The van der Waals surface area contributed by atoms with Crippen LogP contribution < -0.4 is 20.1 Å². The van der Waals surface area contributed by atoms with Gasteiger partial charge in [0.2, 0.25) is 11.8 Å². The summed E-state index contributed by atoms with van der Waals surface area (Å²) in [5.74, 6) is 1.14. The van der Waals surface area contributed by atoms with E-state index in [4.69, 9.17) is 9.47 Å². The van der Waals surface area contributed by atoms with Gasteiger partial charge in [0.05, 0.1) is 19.3 Å². The van der Waals surface area contributed by atoms with Crippen LogP contribution in [-0.4, -0.2) is 31.1 Å². The van der Waals surface area contributed by atoms with Gasteiger partial charge >= 0.3 is 0 Å². The Morgan fingerprint density at radius 3 is 2.30 bits per heavy atom. The van der Waals surface area contributed by atoms with Gasteiger partial charge in [-0.15, -0.1) is 0 Å². The molecule has 150 valence electrons. The zero-order valence-corrected chi connectivity index (χ0v) is 17.0. The molecule has 27 heavy (non-hydrogen) atoms. The van der Waals surface area contributed by atoms with E-state index in [0.29, 0.717) is 11.5 Å². The van der Waals surface area contributed by atoms with Gasteiger partial charge in [-0.05, 0) is 58.2 Å². The Balaban J connectivity index is 1.95. The van der Waals surface area contributed by atoms with E-state index in [9.17, 15) is 9.59 Å².